The van der Waals surface area contributed by atoms with E-state index >= 15 is 0 Å². The molecular weight excluding hydrogens is 276 g/mol. The Morgan fingerprint density at radius 1 is 1.44 bits per heavy atom. The van der Waals surface area contributed by atoms with Gasteiger partial charge in [0.05, 0.1) is 18.5 Å². The minimum absolute atomic E-state index is 0. The van der Waals surface area contributed by atoms with Crippen molar-refractivity contribution >= 4 is 22.4 Å². The Bertz CT molecular complexity index is 322. The monoisotopic (exact) mass is 300 g/mol. The largest absolute Gasteiger partial charge is 0.378 e. The smallest absolute Gasteiger partial charge is 0.216 e. The van der Waals surface area contributed by atoms with Crippen LogP contribution in [0.3, 0.4) is 0 Å². The maximum absolute atomic E-state index is 12.0. The third-order valence-corrected chi connectivity index (χ3v) is 4.80. The summed E-state index contributed by atoms with van der Waals surface area (Å²) in [4.78, 5) is 0. The van der Waals surface area contributed by atoms with Crippen LogP contribution in [0, 0.1) is 5.92 Å². The van der Waals surface area contributed by atoms with Crippen molar-refractivity contribution in [1.82, 2.24) is 4.31 Å². The van der Waals surface area contributed by atoms with Crippen molar-refractivity contribution in [3.8, 4) is 0 Å². The molecule has 110 valence electrons. The van der Waals surface area contributed by atoms with Crippen LogP contribution in [-0.4, -0.2) is 50.8 Å². The van der Waals surface area contributed by atoms with Gasteiger partial charge in [-0.2, -0.15) is 0 Å². The molecule has 1 saturated heterocycles. The van der Waals surface area contributed by atoms with Gasteiger partial charge >= 0.3 is 0 Å². The molecule has 0 saturated carbocycles. The van der Waals surface area contributed by atoms with Gasteiger partial charge in [0.2, 0.25) is 10.0 Å². The lowest BCUT2D eigenvalue weighted by atomic mass is 10.0. The van der Waals surface area contributed by atoms with E-state index in [1.807, 2.05) is 13.8 Å². The summed E-state index contributed by atoms with van der Waals surface area (Å²) in [5.74, 6) is 0.382. The second-order valence-corrected chi connectivity index (χ2v) is 6.93. The Morgan fingerprint density at radius 3 is 2.67 bits per heavy atom. The molecule has 0 radical (unpaired) electrons. The molecular formula is C11H25ClN2O3S. The van der Waals surface area contributed by atoms with Crippen molar-refractivity contribution in [2.24, 2.45) is 11.7 Å². The van der Waals surface area contributed by atoms with Crippen LogP contribution in [0.1, 0.15) is 26.7 Å². The van der Waals surface area contributed by atoms with Crippen LogP contribution in [0.4, 0.5) is 0 Å². The number of piperidine rings is 1. The molecule has 0 aliphatic carbocycles. The minimum Gasteiger partial charge on any atom is -0.378 e. The molecule has 1 aliphatic rings. The fraction of sp³-hybridized carbons (Fsp3) is 1.00. The fourth-order valence-corrected chi connectivity index (χ4v) is 3.40. The zero-order valence-corrected chi connectivity index (χ0v) is 12.8. The summed E-state index contributed by atoms with van der Waals surface area (Å²) < 4.78 is 30.9. The lowest BCUT2D eigenvalue weighted by Gasteiger charge is -2.31. The number of ether oxygens (including phenoxy) is 1. The third kappa shape index (κ3) is 5.84. The van der Waals surface area contributed by atoms with Gasteiger partial charge in [0, 0.05) is 13.1 Å². The Morgan fingerprint density at radius 2 is 2.11 bits per heavy atom. The van der Waals surface area contributed by atoms with Gasteiger partial charge in [0.1, 0.15) is 0 Å². The highest BCUT2D eigenvalue weighted by atomic mass is 35.5. The van der Waals surface area contributed by atoms with Crippen LogP contribution >= 0.6 is 12.4 Å². The molecule has 0 aromatic carbocycles. The predicted molar refractivity (Wildman–Crippen MR) is 75.5 cm³/mol. The van der Waals surface area contributed by atoms with Crippen LogP contribution < -0.4 is 5.73 Å². The Balaban J connectivity index is 0.00000289. The lowest BCUT2D eigenvalue weighted by Crippen LogP contribution is -2.43. The molecule has 2 N–H and O–H groups in total. The molecule has 7 heteroatoms. The first-order valence-electron chi connectivity index (χ1n) is 6.25. The predicted octanol–water partition coefficient (Wildman–Crippen LogP) is 0.834. The molecule has 5 nitrogen and oxygen atoms in total. The first-order chi connectivity index (χ1) is 7.95. The van der Waals surface area contributed by atoms with Gasteiger partial charge in [0.15, 0.2) is 0 Å². The lowest BCUT2D eigenvalue weighted by molar-refractivity contribution is 0.0904. The standard InChI is InChI=1S/C11H24N2O3S.ClH/c1-10(2)16-6-7-17(14,15)13-5-3-4-11(8-12)9-13;/h10-11H,3-9,12H2,1-2H3;1H. The Kier molecular flexibility index (Phi) is 8.38. The second-order valence-electron chi connectivity index (χ2n) is 4.84. The zero-order chi connectivity index (χ0) is 12.9. The first-order valence-corrected chi connectivity index (χ1v) is 7.86. The summed E-state index contributed by atoms with van der Waals surface area (Å²) in [5, 5.41) is 0. The molecule has 0 aromatic heterocycles. The average Bonchev–Trinajstić information content (AvgIpc) is 2.28. The van der Waals surface area contributed by atoms with Crippen LogP contribution in [0.25, 0.3) is 0 Å². The summed E-state index contributed by atoms with van der Waals surface area (Å²) in [7, 11) is -3.17. The van der Waals surface area contributed by atoms with E-state index in [0.29, 0.717) is 25.6 Å². The molecule has 0 spiro atoms. The Labute approximate surface area is 117 Å². The van der Waals surface area contributed by atoms with Gasteiger partial charge in [-0.1, -0.05) is 0 Å². The summed E-state index contributed by atoms with van der Waals surface area (Å²) in [6.45, 7) is 5.83. The molecule has 1 atom stereocenters. The van der Waals surface area contributed by atoms with Crippen LogP contribution in [0.5, 0.6) is 0 Å². The van der Waals surface area contributed by atoms with Gasteiger partial charge in [-0.05, 0) is 39.2 Å². The van der Waals surface area contributed by atoms with Gasteiger partial charge in [-0.25, -0.2) is 12.7 Å². The van der Waals surface area contributed by atoms with Crippen molar-refractivity contribution in [2.75, 3.05) is 32.0 Å². The SMILES string of the molecule is CC(C)OCCS(=O)(=O)N1CCCC(CN)C1.Cl. The van der Waals surface area contributed by atoms with E-state index in [-0.39, 0.29) is 30.9 Å². The molecule has 0 amide bonds. The highest BCUT2D eigenvalue weighted by molar-refractivity contribution is 7.89. The first kappa shape index (κ1) is 18.1. The van der Waals surface area contributed by atoms with E-state index in [4.69, 9.17) is 10.5 Å². The molecule has 1 rings (SSSR count). The minimum atomic E-state index is -3.17. The van der Waals surface area contributed by atoms with E-state index < -0.39 is 10.0 Å². The van der Waals surface area contributed by atoms with E-state index in [1.165, 1.54) is 0 Å². The van der Waals surface area contributed by atoms with E-state index in [0.717, 1.165) is 12.8 Å². The number of nitrogens with zero attached hydrogens (tertiary/aromatic N) is 1. The molecule has 1 fully saturated rings. The van der Waals surface area contributed by atoms with Crippen molar-refractivity contribution in [3.05, 3.63) is 0 Å². The number of sulfonamides is 1. The van der Waals surface area contributed by atoms with E-state index in [2.05, 4.69) is 0 Å². The van der Waals surface area contributed by atoms with Crippen molar-refractivity contribution < 1.29 is 13.2 Å². The molecule has 1 unspecified atom stereocenters. The quantitative estimate of drug-likeness (QED) is 0.789. The molecule has 1 aliphatic heterocycles. The summed E-state index contributed by atoms with van der Waals surface area (Å²) in [6, 6.07) is 0. The topological polar surface area (TPSA) is 72.6 Å². The summed E-state index contributed by atoms with van der Waals surface area (Å²) in [5.41, 5.74) is 5.60. The number of nitrogens with two attached hydrogens (primary N) is 1. The average molecular weight is 301 g/mol. The van der Waals surface area contributed by atoms with Crippen molar-refractivity contribution in [1.29, 1.82) is 0 Å². The molecule has 0 aromatic rings. The van der Waals surface area contributed by atoms with Crippen LogP contribution in [-0.2, 0) is 14.8 Å². The number of halogens is 1. The molecule has 1 heterocycles. The van der Waals surface area contributed by atoms with E-state index in [1.54, 1.807) is 4.31 Å². The van der Waals surface area contributed by atoms with Gasteiger partial charge in [-0.3, -0.25) is 0 Å². The molecule has 0 bridgehead atoms. The highest BCUT2D eigenvalue weighted by Gasteiger charge is 2.27. The maximum atomic E-state index is 12.0. The summed E-state index contributed by atoms with van der Waals surface area (Å²) >= 11 is 0. The summed E-state index contributed by atoms with van der Waals surface area (Å²) in [6.07, 6.45) is 2.01. The van der Waals surface area contributed by atoms with Crippen molar-refractivity contribution in [2.45, 2.75) is 32.8 Å². The molecule has 18 heavy (non-hydrogen) atoms. The second kappa shape index (κ2) is 8.32. The maximum Gasteiger partial charge on any atom is 0.216 e. The van der Waals surface area contributed by atoms with Crippen LogP contribution in [0.2, 0.25) is 0 Å². The van der Waals surface area contributed by atoms with Gasteiger partial charge in [-0.15, -0.1) is 12.4 Å². The van der Waals surface area contributed by atoms with Gasteiger partial charge in [0.25, 0.3) is 0 Å². The fourth-order valence-electron chi connectivity index (χ4n) is 1.99. The van der Waals surface area contributed by atoms with Crippen LogP contribution in [0.15, 0.2) is 0 Å². The Hall–Kier alpha value is 0.120. The third-order valence-electron chi connectivity index (χ3n) is 3.00. The normalized spacial score (nSPS) is 21.9. The number of rotatable bonds is 6. The van der Waals surface area contributed by atoms with Crippen molar-refractivity contribution in [3.63, 3.8) is 0 Å². The zero-order valence-electron chi connectivity index (χ0n) is 11.2. The van der Waals surface area contributed by atoms with E-state index in [9.17, 15) is 8.42 Å². The van der Waals surface area contributed by atoms with Gasteiger partial charge < -0.3 is 10.5 Å². The number of hydrogen-bond acceptors (Lipinski definition) is 4. The highest BCUT2D eigenvalue weighted by Crippen LogP contribution is 2.18. The number of hydrogen-bond donors (Lipinski definition) is 1.